The largest absolute Gasteiger partial charge is 0.496 e. The highest BCUT2D eigenvalue weighted by atomic mass is 35.5. The normalized spacial score (nSPS) is 26.6. The van der Waals surface area contributed by atoms with E-state index in [1.54, 1.807) is 0 Å². The molecule has 2 amide bonds. The molecule has 1 saturated heterocycles. The maximum atomic E-state index is 13.9. The zero-order valence-corrected chi connectivity index (χ0v) is 18.2. The van der Waals surface area contributed by atoms with Crippen LogP contribution in [-0.4, -0.2) is 23.8 Å². The van der Waals surface area contributed by atoms with Crippen molar-refractivity contribution >= 4 is 34.8 Å². The fraction of sp³-hybridized carbons (Fsp3) is 0.200. The summed E-state index contributed by atoms with van der Waals surface area (Å²) in [5.41, 5.74) is 3.01. The molecule has 1 aliphatic heterocycles. The summed E-state index contributed by atoms with van der Waals surface area (Å²) in [6.07, 6.45) is 0. The highest BCUT2D eigenvalue weighted by Crippen LogP contribution is 2.66. The molecule has 7 rings (SSSR count). The van der Waals surface area contributed by atoms with Crippen molar-refractivity contribution in [2.75, 3.05) is 12.0 Å². The molecular formula is C25H17ClN2O5. The predicted octanol–water partition coefficient (Wildman–Crippen LogP) is 4.35. The number of imide groups is 1. The van der Waals surface area contributed by atoms with Crippen molar-refractivity contribution in [1.29, 1.82) is 0 Å². The van der Waals surface area contributed by atoms with Crippen LogP contribution in [0, 0.1) is 22.0 Å². The van der Waals surface area contributed by atoms with Gasteiger partial charge in [0.2, 0.25) is 11.8 Å². The van der Waals surface area contributed by atoms with E-state index in [4.69, 9.17) is 16.3 Å². The number of alkyl halides is 1. The van der Waals surface area contributed by atoms with Gasteiger partial charge < -0.3 is 4.74 Å². The molecule has 3 aromatic carbocycles. The molecule has 0 aromatic heterocycles. The van der Waals surface area contributed by atoms with Crippen LogP contribution in [0.1, 0.15) is 28.2 Å². The summed E-state index contributed by atoms with van der Waals surface area (Å²) in [6.45, 7) is 0. The van der Waals surface area contributed by atoms with Gasteiger partial charge in [-0.25, -0.2) is 4.90 Å². The Kier molecular flexibility index (Phi) is 4.02. The molecule has 0 unspecified atom stereocenters. The Morgan fingerprint density at radius 2 is 1.58 bits per heavy atom. The standard InChI is InChI=1S/C25H17ClN2O5/c1-33-13-10-11-18(19(12-13)28(31)32)27-23(29)21-20-14-6-2-4-8-16(14)25(26,22(21)24(27)30)17-9-5-3-7-15(17)20/h2-12,20-22H,1H3/t20?,21-,22+,25?/m0/s1. The molecule has 3 aliphatic carbocycles. The molecule has 7 nitrogen and oxygen atoms in total. The molecule has 4 aliphatic rings. The van der Waals surface area contributed by atoms with Crippen LogP contribution in [0.2, 0.25) is 0 Å². The number of hydrogen-bond acceptors (Lipinski definition) is 5. The number of carbonyl (C=O) groups excluding carboxylic acids is 2. The average molecular weight is 461 g/mol. The minimum absolute atomic E-state index is 0.0713. The van der Waals surface area contributed by atoms with Crippen LogP contribution < -0.4 is 9.64 Å². The number of methoxy groups -OCH3 is 1. The van der Waals surface area contributed by atoms with Crippen LogP contribution in [0.3, 0.4) is 0 Å². The Morgan fingerprint density at radius 3 is 2.15 bits per heavy atom. The van der Waals surface area contributed by atoms with Gasteiger partial charge in [-0.3, -0.25) is 19.7 Å². The Bertz CT molecular complexity index is 1340. The zero-order chi connectivity index (χ0) is 23.1. The number of benzene rings is 3. The maximum Gasteiger partial charge on any atom is 0.297 e. The van der Waals surface area contributed by atoms with Gasteiger partial charge in [-0.15, -0.1) is 11.6 Å². The molecule has 2 bridgehead atoms. The van der Waals surface area contributed by atoms with E-state index in [-0.39, 0.29) is 23.0 Å². The number of nitrogens with zero attached hydrogens (tertiary/aromatic N) is 2. The van der Waals surface area contributed by atoms with Crippen LogP contribution in [0.15, 0.2) is 66.7 Å². The first-order valence-electron chi connectivity index (χ1n) is 10.5. The maximum absolute atomic E-state index is 13.9. The van der Waals surface area contributed by atoms with Gasteiger partial charge in [0.25, 0.3) is 5.69 Å². The topological polar surface area (TPSA) is 89.8 Å². The number of ether oxygens (including phenoxy) is 1. The molecular weight excluding hydrogens is 444 g/mol. The first kappa shape index (κ1) is 19.9. The van der Waals surface area contributed by atoms with E-state index < -0.39 is 33.4 Å². The second-order valence-corrected chi connectivity index (χ2v) is 9.09. The van der Waals surface area contributed by atoms with Gasteiger partial charge in [-0.1, -0.05) is 48.5 Å². The van der Waals surface area contributed by atoms with Gasteiger partial charge >= 0.3 is 0 Å². The summed E-state index contributed by atoms with van der Waals surface area (Å²) < 4.78 is 5.10. The Morgan fingerprint density at radius 1 is 0.970 bits per heavy atom. The molecule has 8 heteroatoms. The van der Waals surface area contributed by atoms with E-state index in [0.29, 0.717) is 0 Å². The number of anilines is 1. The van der Waals surface area contributed by atoms with E-state index in [2.05, 4.69) is 0 Å². The monoisotopic (exact) mass is 460 g/mol. The molecule has 164 valence electrons. The molecule has 1 heterocycles. The average Bonchev–Trinajstić information content (AvgIpc) is 3.10. The van der Waals surface area contributed by atoms with Crippen molar-refractivity contribution in [3.05, 3.63) is 99.1 Å². The third-order valence-electron chi connectivity index (χ3n) is 7.13. The zero-order valence-electron chi connectivity index (χ0n) is 17.4. The van der Waals surface area contributed by atoms with E-state index in [1.807, 2.05) is 48.5 Å². The summed E-state index contributed by atoms with van der Waals surface area (Å²) in [5, 5.41) is 11.8. The van der Waals surface area contributed by atoms with Crippen LogP contribution in [0.4, 0.5) is 11.4 Å². The summed E-state index contributed by atoms with van der Waals surface area (Å²) in [4.78, 5) is 38.6. The number of carbonyl (C=O) groups is 2. The summed E-state index contributed by atoms with van der Waals surface area (Å²) in [5.74, 6) is -2.72. The second-order valence-electron chi connectivity index (χ2n) is 8.49. The molecule has 2 atom stereocenters. The SMILES string of the molecule is COc1ccc(N2C(=O)[C@H]3C4c5ccccc5C(Cl)(c5ccccc54)[C@H]3C2=O)c([N+](=O)[O-])c1. The highest BCUT2D eigenvalue weighted by Gasteiger charge is 2.68. The predicted molar refractivity (Wildman–Crippen MR) is 120 cm³/mol. The van der Waals surface area contributed by atoms with E-state index in [9.17, 15) is 19.7 Å². The lowest BCUT2D eigenvalue weighted by Crippen LogP contribution is -2.50. The Labute approximate surface area is 193 Å². The number of nitro groups is 1. The summed E-state index contributed by atoms with van der Waals surface area (Å²) in [7, 11) is 1.39. The number of rotatable bonds is 3. The van der Waals surface area contributed by atoms with Crippen molar-refractivity contribution in [3.8, 4) is 5.75 Å². The van der Waals surface area contributed by atoms with Crippen molar-refractivity contribution in [2.45, 2.75) is 10.8 Å². The van der Waals surface area contributed by atoms with Gasteiger partial charge in [-0.05, 0) is 34.4 Å². The van der Waals surface area contributed by atoms with Crippen molar-refractivity contribution < 1.29 is 19.2 Å². The van der Waals surface area contributed by atoms with Gasteiger partial charge in [0.05, 0.1) is 29.9 Å². The number of amides is 2. The van der Waals surface area contributed by atoms with E-state index in [1.165, 1.54) is 25.3 Å². The molecule has 1 fully saturated rings. The minimum Gasteiger partial charge on any atom is -0.496 e. The fourth-order valence-electron chi connectivity index (χ4n) is 5.88. The lowest BCUT2D eigenvalue weighted by atomic mass is 9.54. The van der Waals surface area contributed by atoms with E-state index in [0.717, 1.165) is 27.2 Å². The molecule has 0 radical (unpaired) electrons. The number of hydrogen-bond donors (Lipinski definition) is 0. The highest BCUT2D eigenvalue weighted by molar-refractivity contribution is 6.33. The van der Waals surface area contributed by atoms with Crippen molar-refractivity contribution in [1.82, 2.24) is 0 Å². The summed E-state index contributed by atoms with van der Waals surface area (Å²) in [6, 6.07) is 19.3. The number of nitro benzene ring substituents is 1. The molecule has 0 saturated carbocycles. The fourth-order valence-corrected chi connectivity index (χ4v) is 6.46. The third-order valence-corrected chi connectivity index (χ3v) is 7.78. The first-order chi connectivity index (χ1) is 15.9. The van der Waals surface area contributed by atoms with Gasteiger partial charge in [0.15, 0.2) is 0 Å². The van der Waals surface area contributed by atoms with E-state index >= 15 is 0 Å². The second kappa shape index (κ2) is 6.65. The van der Waals surface area contributed by atoms with Crippen LogP contribution >= 0.6 is 11.6 Å². The van der Waals surface area contributed by atoms with Gasteiger partial charge in [0.1, 0.15) is 16.3 Å². The quantitative estimate of drug-likeness (QED) is 0.251. The van der Waals surface area contributed by atoms with Crippen LogP contribution in [0.5, 0.6) is 5.75 Å². The van der Waals surface area contributed by atoms with Crippen LogP contribution in [0.25, 0.3) is 0 Å². The van der Waals surface area contributed by atoms with Gasteiger partial charge in [0, 0.05) is 5.92 Å². The van der Waals surface area contributed by atoms with Crippen molar-refractivity contribution in [2.24, 2.45) is 11.8 Å². The lowest BCUT2D eigenvalue weighted by Gasteiger charge is -2.50. The minimum atomic E-state index is -1.24. The summed E-state index contributed by atoms with van der Waals surface area (Å²) >= 11 is 7.37. The van der Waals surface area contributed by atoms with Crippen LogP contribution in [-0.2, 0) is 14.5 Å². The lowest BCUT2D eigenvalue weighted by molar-refractivity contribution is -0.384. The Balaban J connectivity index is 1.59. The van der Waals surface area contributed by atoms with Gasteiger partial charge in [-0.2, -0.15) is 0 Å². The molecule has 0 N–H and O–H groups in total. The third kappa shape index (κ3) is 2.35. The van der Waals surface area contributed by atoms with Crippen molar-refractivity contribution in [3.63, 3.8) is 0 Å². The smallest absolute Gasteiger partial charge is 0.297 e. The number of halogens is 1. The Hall–Kier alpha value is -3.71. The first-order valence-corrected chi connectivity index (χ1v) is 10.8. The molecule has 3 aromatic rings. The molecule has 0 spiro atoms. The molecule has 33 heavy (non-hydrogen) atoms.